The lowest BCUT2D eigenvalue weighted by atomic mass is 10.2. The molecule has 1 aromatic rings. The van der Waals surface area contributed by atoms with Gasteiger partial charge in [0.1, 0.15) is 0 Å². The Morgan fingerprint density at radius 1 is 1.53 bits per heavy atom. The minimum absolute atomic E-state index is 0.586. The van der Waals surface area contributed by atoms with E-state index in [-0.39, 0.29) is 0 Å². The molecule has 1 heterocycles. The average molecular weight is 291 g/mol. The second kappa shape index (κ2) is 7.31. The Kier molecular flexibility index (Phi) is 6.41. The lowest BCUT2D eigenvalue weighted by Crippen LogP contribution is -2.30. The molecule has 0 aromatic carbocycles. The Morgan fingerprint density at radius 2 is 2.24 bits per heavy atom. The standard InChI is InChI=1S/C12H19ClN2S2/c1-9(2)7-15(6-5-12(14)16)8-10-3-4-11(13)17-10/h3-4,9H,5-8H2,1-2H3,(H2,14,16). The van der Waals surface area contributed by atoms with Gasteiger partial charge in [-0.1, -0.05) is 37.7 Å². The van der Waals surface area contributed by atoms with Gasteiger partial charge in [0.15, 0.2) is 0 Å². The first kappa shape index (κ1) is 14.9. The summed E-state index contributed by atoms with van der Waals surface area (Å²) in [6.07, 6.45) is 0.779. The maximum Gasteiger partial charge on any atom is 0.0931 e. The van der Waals surface area contributed by atoms with Gasteiger partial charge < -0.3 is 5.73 Å². The fourth-order valence-corrected chi connectivity index (χ4v) is 2.90. The molecule has 0 aliphatic carbocycles. The summed E-state index contributed by atoms with van der Waals surface area (Å²) in [7, 11) is 0. The zero-order valence-electron chi connectivity index (χ0n) is 10.3. The second-order valence-electron chi connectivity index (χ2n) is 4.55. The van der Waals surface area contributed by atoms with E-state index in [1.54, 1.807) is 11.3 Å². The van der Waals surface area contributed by atoms with Gasteiger partial charge in [-0.2, -0.15) is 0 Å². The number of thiocarbonyl (C=S) groups is 1. The number of halogens is 1. The molecule has 0 amide bonds. The van der Waals surface area contributed by atoms with Gasteiger partial charge >= 0.3 is 0 Å². The molecule has 96 valence electrons. The molecular formula is C12H19ClN2S2. The van der Waals surface area contributed by atoms with Gasteiger partial charge in [0.05, 0.1) is 9.32 Å². The van der Waals surface area contributed by atoms with Crippen LogP contribution < -0.4 is 5.73 Å². The molecule has 5 heteroatoms. The first-order valence-electron chi connectivity index (χ1n) is 5.72. The van der Waals surface area contributed by atoms with E-state index in [4.69, 9.17) is 29.6 Å². The van der Waals surface area contributed by atoms with Crippen molar-refractivity contribution in [1.29, 1.82) is 0 Å². The van der Waals surface area contributed by atoms with Crippen LogP contribution in [0.4, 0.5) is 0 Å². The molecular weight excluding hydrogens is 272 g/mol. The van der Waals surface area contributed by atoms with E-state index in [1.165, 1.54) is 4.88 Å². The molecule has 0 aliphatic rings. The normalized spacial score (nSPS) is 11.4. The highest BCUT2D eigenvalue weighted by Gasteiger charge is 2.10. The Morgan fingerprint density at radius 3 is 2.71 bits per heavy atom. The first-order valence-corrected chi connectivity index (χ1v) is 7.32. The predicted molar refractivity (Wildman–Crippen MR) is 80.8 cm³/mol. The van der Waals surface area contributed by atoms with Crippen LogP contribution in [0, 0.1) is 5.92 Å². The smallest absolute Gasteiger partial charge is 0.0931 e. The molecule has 1 rings (SSSR count). The van der Waals surface area contributed by atoms with Crippen molar-refractivity contribution in [3.8, 4) is 0 Å². The van der Waals surface area contributed by atoms with Crippen LogP contribution in [-0.4, -0.2) is 23.0 Å². The second-order valence-corrected chi connectivity index (χ2v) is 6.88. The molecule has 0 aliphatic heterocycles. The van der Waals surface area contributed by atoms with Crippen LogP contribution >= 0.6 is 35.2 Å². The lowest BCUT2D eigenvalue weighted by molar-refractivity contribution is 0.245. The van der Waals surface area contributed by atoms with E-state index >= 15 is 0 Å². The molecule has 0 fully saturated rings. The summed E-state index contributed by atoms with van der Waals surface area (Å²) in [5, 5.41) is 0. The Labute approximate surface area is 118 Å². The molecule has 2 nitrogen and oxygen atoms in total. The SMILES string of the molecule is CC(C)CN(CCC(N)=S)Cc1ccc(Cl)s1. The summed E-state index contributed by atoms with van der Waals surface area (Å²) in [5.74, 6) is 0.636. The minimum Gasteiger partial charge on any atom is -0.393 e. The van der Waals surface area contributed by atoms with E-state index in [2.05, 4.69) is 24.8 Å². The average Bonchev–Trinajstić information content (AvgIpc) is 2.59. The molecule has 0 saturated carbocycles. The molecule has 17 heavy (non-hydrogen) atoms. The minimum atomic E-state index is 0.586. The van der Waals surface area contributed by atoms with E-state index in [9.17, 15) is 0 Å². The van der Waals surface area contributed by atoms with Crippen LogP contribution in [0.3, 0.4) is 0 Å². The van der Waals surface area contributed by atoms with E-state index < -0.39 is 0 Å². The van der Waals surface area contributed by atoms with Crippen LogP contribution in [0.5, 0.6) is 0 Å². The summed E-state index contributed by atoms with van der Waals surface area (Å²) >= 11 is 12.5. The quantitative estimate of drug-likeness (QED) is 0.779. The van der Waals surface area contributed by atoms with Crippen LogP contribution in [0.15, 0.2) is 12.1 Å². The van der Waals surface area contributed by atoms with Crippen molar-refractivity contribution in [2.45, 2.75) is 26.8 Å². The van der Waals surface area contributed by atoms with Gasteiger partial charge in [0.25, 0.3) is 0 Å². The number of hydrogen-bond acceptors (Lipinski definition) is 3. The molecule has 0 bridgehead atoms. The van der Waals surface area contributed by atoms with Gasteiger partial charge in [0, 0.05) is 30.9 Å². The van der Waals surface area contributed by atoms with Crippen molar-refractivity contribution >= 4 is 40.1 Å². The third kappa shape index (κ3) is 6.36. The number of nitrogens with zero attached hydrogens (tertiary/aromatic N) is 1. The lowest BCUT2D eigenvalue weighted by Gasteiger charge is -2.23. The molecule has 0 unspecified atom stereocenters. The Bertz CT molecular complexity index is 363. The van der Waals surface area contributed by atoms with E-state index in [0.717, 1.165) is 30.4 Å². The van der Waals surface area contributed by atoms with Gasteiger partial charge in [0.2, 0.25) is 0 Å². The van der Waals surface area contributed by atoms with Gasteiger partial charge in [-0.15, -0.1) is 11.3 Å². The monoisotopic (exact) mass is 290 g/mol. The van der Waals surface area contributed by atoms with Gasteiger partial charge in [-0.25, -0.2) is 0 Å². The highest BCUT2D eigenvalue weighted by atomic mass is 35.5. The summed E-state index contributed by atoms with van der Waals surface area (Å²) in [6, 6.07) is 4.03. The highest BCUT2D eigenvalue weighted by Crippen LogP contribution is 2.23. The first-order chi connectivity index (χ1) is 7.97. The molecule has 0 atom stereocenters. The topological polar surface area (TPSA) is 29.3 Å². The van der Waals surface area contributed by atoms with Crippen LogP contribution in [0.2, 0.25) is 4.34 Å². The zero-order chi connectivity index (χ0) is 12.8. The predicted octanol–water partition coefficient (Wildman–Crippen LogP) is 3.54. The van der Waals surface area contributed by atoms with Gasteiger partial charge in [-0.05, 0) is 18.1 Å². The third-order valence-corrected chi connectivity index (χ3v) is 3.73. The zero-order valence-corrected chi connectivity index (χ0v) is 12.7. The fourth-order valence-electron chi connectivity index (χ4n) is 1.68. The fraction of sp³-hybridized carbons (Fsp3) is 0.583. The molecule has 0 spiro atoms. The Hall–Kier alpha value is -0.160. The number of thiophene rings is 1. The van der Waals surface area contributed by atoms with Gasteiger partial charge in [-0.3, -0.25) is 4.90 Å². The van der Waals surface area contributed by atoms with Crippen molar-refractivity contribution in [2.75, 3.05) is 13.1 Å². The summed E-state index contributed by atoms with van der Waals surface area (Å²) in [5.41, 5.74) is 5.56. The van der Waals surface area contributed by atoms with Crippen LogP contribution in [0.25, 0.3) is 0 Å². The summed E-state index contributed by atoms with van der Waals surface area (Å²) < 4.78 is 0.846. The number of nitrogens with two attached hydrogens (primary N) is 1. The third-order valence-electron chi connectivity index (χ3n) is 2.31. The van der Waals surface area contributed by atoms with Crippen molar-refractivity contribution in [3.63, 3.8) is 0 Å². The molecule has 2 N–H and O–H groups in total. The molecule has 0 radical (unpaired) electrons. The Balaban J connectivity index is 2.53. The van der Waals surface area contributed by atoms with Crippen LogP contribution in [0.1, 0.15) is 25.1 Å². The largest absolute Gasteiger partial charge is 0.393 e. The van der Waals surface area contributed by atoms with Crippen molar-refractivity contribution in [1.82, 2.24) is 4.90 Å². The highest BCUT2D eigenvalue weighted by molar-refractivity contribution is 7.80. The maximum absolute atomic E-state index is 5.94. The van der Waals surface area contributed by atoms with E-state index in [0.29, 0.717) is 10.9 Å². The number of rotatable bonds is 7. The van der Waals surface area contributed by atoms with E-state index in [1.807, 2.05) is 6.07 Å². The van der Waals surface area contributed by atoms with Crippen molar-refractivity contribution in [3.05, 3.63) is 21.3 Å². The summed E-state index contributed by atoms with van der Waals surface area (Å²) in [6.45, 7) is 7.34. The molecule has 1 aromatic heterocycles. The van der Waals surface area contributed by atoms with Crippen LogP contribution in [-0.2, 0) is 6.54 Å². The number of hydrogen-bond donors (Lipinski definition) is 1. The van der Waals surface area contributed by atoms with Crippen molar-refractivity contribution in [2.24, 2.45) is 11.7 Å². The van der Waals surface area contributed by atoms with Crippen molar-refractivity contribution < 1.29 is 0 Å². The molecule has 0 saturated heterocycles. The summed E-state index contributed by atoms with van der Waals surface area (Å²) in [4.78, 5) is 4.26. The maximum atomic E-state index is 5.94.